The van der Waals surface area contributed by atoms with Gasteiger partial charge in [-0.2, -0.15) is 0 Å². The fraction of sp³-hybridized carbons (Fsp3) is 0.667. The van der Waals surface area contributed by atoms with Gasteiger partial charge in [-0.3, -0.25) is 4.98 Å². The molecule has 1 fully saturated rings. The third-order valence-corrected chi connectivity index (χ3v) is 4.08. The van der Waals surface area contributed by atoms with Crippen LogP contribution in [0, 0.1) is 12.8 Å². The van der Waals surface area contributed by atoms with Crippen LogP contribution in [-0.4, -0.2) is 10.1 Å². The van der Waals surface area contributed by atoms with Crippen molar-refractivity contribution in [1.82, 2.24) is 4.98 Å². The first-order chi connectivity index (χ1) is 8.14. The smallest absolute Gasteiger partial charge is 0.0911 e. The lowest BCUT2D eigenvalue weighted by molar-refractivity contribution is -0.0155. The molecule has 2 nitrogen and oxygen atoms in total. The number of pyridine rings is 1. The summed E-state index contributed by atoms with van der Waals surface area (Å²) in [6, 6.07) is 4.02. The number of aryl methyl sites for hydroxylation is 1. The molecule has 1 aliphatic rings. The van der Waals surface area contributed by atoms with Gasteiger partial charge in [-0.1, -0.05) is 25.8 Å². The standard InChI is InChI=1S/C15H23NO/c1-3-4-13-7-9-15(17,10-8-13)14-6-5-12(2)16-11-14/h5-6,11,13,17H,3-4,7-10H2,1-2H3. The van der Waals surface area contributed by atoms with Gasteiger partial charge in [-0.25, -0.2) is 0 Å². The van der Waals surface area contributed by atoms with Gasteiger partial charge in [0.1, 0.15) is 0 Å². The summed E-state index contributed by atoms with van der Waals surface area (Å²) in [5.41, 5.74) is 1.39. The van der Waals surface area contributed by atoms with E-state index in [0.717, 1.165) is 42.9 Å². The molecule has 0 spiro atoms. The summed E-state index contributed by atoms with van der Waals surface area (Å²) in [5.74, 6) is 0.818. The van der Waals surface area contributed by atoms with Gasteiger partial charge in [0.05, 0.1) is 5.60 Å². The first-order valence-electron chi connectivity index (χ1n) is 6.79. The van der Waals surface area contributed by atoms with Crippen LogP contribution in [0.4, 0.5) is 0 Å². The maximum atomic E-state index is 10.7. The van der Waals surface area contributed by atoms with Crippen molar-refractivity contribution in [2.75, 3.05) is 0 Å². The van der Waals surface area contributed by atoms with Crippen LogP contribution in [-0.2, 0) is 5.60 Å². The van der Waals surface area contributed by atoms with E-state index in [0.29, 0.717) is 0 Å². The first-order valence-corrected chi connectivity index (χ1v) is 6.79. The van der Waals surface area contributed by atoms with Crippen molar-refractivity contribution in [1.29, 1.82) is 0 Å². The number of hydrogen-bond acceptors (Lipinski definition) is 2. The second kappa shape index (κ2) is 5.18. The van der Waals surface area contributed by atoms with Crippen molar-refractivity contribution in [3.8, 4) is 0 Å². The molecule has 0 aliphatic heterocycles. The molecule has 0 bridgehead atoms. The highest BCUT2D eigenvalue weighted by molar-refractivity contribution is 5.21. The highest BCUT2D eigenvalue weighted by atomic mass is 16.3. The van der Waals surface area contributed by atoms with Crippen molar-refractivity contribution in [2.45, 2.75) is 58.0 Å². The zero-order valence-corrected chi connectivity index (χ0v) is 10.9. The van der Waals surface area contributed by atoms with Crippen LogP contribution in [0.3, 0.4) is 0 Å². The summed E-state index contributed by atoms with van der Waals surface area (Å²) in [6.45, 7) is 4.22. The van der Waals surface area contributed by atoms with Crippen LogP contribution in [0.2, 0.25) is 0 Å². The SMILES string of the molecule is CCCC1CCC(O)(c2ccc(C)nc2)CC1. The number of rotatable bonds is 3. The van der Waals surface area contributed by atoms with Gasteiger partial charge >= 0.3 is 0 Å². The van der Waals surface area contributed by atoms with Gasteiger partial charge in [0.2, 0.25) is 0 Å². The molecule has 0 saturated heterocycles. The third-order valence-electron chi connectivity index (χ3n) is 4.08. The van der Waals surface area contributed by atoms with E-state index in [1.54, 1.807) is 0 Å². The van der Waals surface area contributed by atoms with Crippen molar-refractivity contribution >= 4 is 0 Å². The molecule has 94 valence electrons. The van der Waals surface area contributed by atoms with Gasteiger partial charge in [0.25, 0.3) is 0 Å². The molecule has 0 radical (unpaired) electrons. The molecular weight excluding hydrogens is 210 g/mol. The summed E-state index contributed by atoms with van der Waals surface area (Å²) < 4.78 is 0. The molecular formula is C15H23NO. The van der Waals surface area contributed by atoms with Gasteiger partial charge < -0.3 is 5.11 Å². The van der Waals surface area contributed by atoms with Crippen LogP contribution in [0.1, 0.15) is 56.7 Å². The Bertz CT molecular complexity index is 350. The van der Waals surface area contributed by atoms with Gasteiger partial charge in [0.15, 0.2) is 0 Å². The summed E-state index contributed by atoms with van der Waals surface area (Å²) in [4.78, 5) is 4.29. The topological polar surface area (TPSA) is 33.1 Å². The normalized spacial score (nSPS) is 29.2. The molecule has 1 aromatic rings. The van der Waals surface area contributed by atoms with E-state index in [9.17, 15) is 5.11 Å². The maximum Gasteiger partial charge on any atom is 0.0911 e. The molecule has 1 aromatic heterocycles. The number of hydrogen-bond donors (Lipinski definition) is 1. The Balaban J connectivity index is 2.04. The Labute approximate surface area is 104 Å². The molecule has 0 atom stereocenters. The van der Waals surface area contributed by atoms with Crippen molar-refractivity contribution in [3.05, 3.63) is 29.6 Å². The Hall–Kier alpha value is -0.890. The van der Waals surface area contributed by atoms with Crippen LogP contribution in [0.15, 0.2) is 18.3 Å². The predicted molar refractivity (Wildman–Crippen MR) is 69.7 cm³/mol. The zero-order chi connectivity index (χ0) is 12.3. The van der Waals surface area contributed by atoms with E-state index < -0.39 is 5.60 Å². The van der Waals surface area contributed by atoms with Gasteiger partial charge in [-0.05, 0) is 44.6 Å². The first kappa shape index (κ1) is 12.6. The fourth-order valence-electron chi connectivity index (χ4n) is 2.88. The molecule has 0 aromatic carbocycles. The highest BCUT2D eigenvalue weighted by Crippen LogP contribution is 2.40. The van der Waals surface area contributed by atoms with E-state index in [1.165, 1.54) is 12.8 Å². The van der Waals surface area contributed by atoms with Gasteiger partial charge in [0, 0.05) is 17.5 Å². The van der Waals surface area contributed by atoms with E-state index in [2.05, 4.69) is 11.9 Å². The number of nitrogens with zero attached hydrogens (tertiary/aromatic N) is 1. The van der Waals surface area contributed by atoms with Gasteiger partial charge in [-0.15, -0.1) is 0 Å². The Morgan fingerprint density at radius 1 is 1.35 bits per heavy atom. The molecule has 1 saturated carbocycles. The van der Waals surface area contributed by atoms with E-state index in [4.69, 9.17) is 0 Å². The summed E-state index contributed by atoms with van der Waals surface area (Å²) in [7, 11) is 0. The minimum atomic E-state index is -0.620. The number of aromatic nitrogens is 1. The van der Waals surface area contributed by atoms with Crippen molar-refractivity contribution < 1.29 is 5.11 Å². The molecule has 0 amide bonds. The minimum Gasteiger partial charge on any atom is -0.385 e. The molecule has 0 unspecified atom stereocenters. The average Bonchev–Trinajstić information content (AvgIpc) is 2.33. The minimum absolute atomic E-state index is 0.620. The summed E-state index contributed by atoms with van der Waals surface area (Å²) in [5, 5.41) is 10.7. The number of aliphatic hydroxyl groups is 1. The maximum absolute atomic E-state index is 10.7. The largest absolute Gasteiger partial charge is 0.385 e. The molecule has 1 heterocycles. The Morgan fingerprint density at radius 3 is 2.59 bits per heavy atom. The van der Waals surface area contributed by atoms with E-state index >= 15 is 0 Å². The molecule has 2 rings (SSSR count). The third kappa shape index (κ3) is 2.86. The quantitative estimate of drug-likeness (QED) is 0.865. The van der Waals surface area contributed by atoms with Crippen molar-refractivity contribution in [2.24, 2.45) is 5.92 Å². The lowest BCUT2D eigenvalue weighted by atomic mass is 9.74. The van der Waals surface area contributed by atoms with Crippen LogP contribution in [0.25, 0.3) is 0 Å². The molecule has 17 heavy (non-hydrogen) atoms. The second-order valence-electron chi connectivity index (χ2n) is 5.45. The summed E-state index contributed by atoms with van der Waals surface area (Å²) >= 11 is 0. The lowest BCUT2D eigenvalue weighted by Crippen LogP contribution is -2.31. The predicted octanol–water partition coefficient (Wildman–Crippen LogP) is 3.57. The Kier molecular flexibility index (Phi) is 3.82. The van der Waals surface area contributed by atoms with Crippen LogP contribution in [0.5, 0.6) is 0 Å². The fourth-order valence-corrected chi connectivity index (χ4v) is 2.88. The summed E-state index contributed by atoms with van der Waals surface area (Å²) in [6.07, 6.45) is 8.49. The second-order valence-corrected chi connectivity index (χ2v) is 5.45. The lowest BCUT2D eigenvalue weighted by Gasteiger charge is -2.36. The van der Waals surface area contributed by atoms with Crippen LogP contribution < -0.4 is 0 Å². The molecule has 2 heteroatoms. The van der Waals surface area contributed by atoms with E-state index in [-0.39, 0.29) is 0 Å². The average molecular weight is 233 g/mol. The Morgan fingerprint density at radius 2 is 2.06 bits per heavy atom. The molecule has 1 aliphatic carbocycles. The highest BCUT2D eigenvalue weighted by Gasteiger charge is 2.34. The zero-order valence-electron chi connectivity index (χ0n) is 10.9. The van der Waals surface area contributed by atoms with E-state index in [1.807, 2.05) is 25.3 Å². The molecule has 1 N–H and O–H groups in total. The van der Waals surface area contributed by atoms with Crippen molar-refractivity contribution in [3.63, 3.8) is 0 Å². The monoisotopic (exact) mass is 233 g/mol. The van der Waals surface area contributed by atoms with Crippen LogP contribution >= 0.6 is 0 Å².